The number of ether oxygens (including phenoxy) is 3. The highest BCUT2D eigenvalue weighted by Crippen LogP contribution is 2.30. The first-order valence-corrected chi connectivity index (χ1v) is 8.05. The van der Waals surface area contributed by atoms with E-state index in [2.05, 4.69) is 19.9 Å². The molecule has 0 saturated heterocycles. The molecule has 2 aromatic heterocycles. The molecule has 0 radical (unpaired) electrons. The number of halogens is 2. The zero-order chi connectivity index (χ0) is 20.1. The van der Waals surface area contributed by atoms with Crippen LogP contribution in [0.3, 0.4) is 0 Å². The van der Waals surface area contributed by atoms with Crippen molar-refractivity contribution in [3.8, 4) is 22.9 Å². The molecule has 1 atom stereocenters. The molecule has 10 heteroatoms. The molecule has 3 rings (SSSR count). The van der Waals surface area contributed by atoms with Crippen LogP contribution in [0.4, 0.5) is 8.78 Å². The van der Waals surface area contributed by atoms with Crippen molar-refractivity contribution >= 4 is 5.97 Å². The van der Waals surface area contributed by atoms with Crippen LogP contribution < -0.4 is 9.47 Å². The van der Waals surface area contributed by atoms with E-state index >= 15 is 0 Å². The maximum Gasteiger partial charge on any atom is 0.387 e. The van der Waals surface area contributed by atoms with Gasteiger partial charge in [0.1, 0.15) is 0 Å². The van der Waals surface area contributed by atoms with Gasteiger partial charge in [-0.05, 0) is 37.3 Å². The summed E-state index contributed by atoms with van der Waals surface area (Å²) in [6.45, 7) is -1.46. The Labute approximate surface area is 158 Å². The van der Waals surface area contributed by atoms with Crippen molar-refractivity contribution in [2.45, 2.75) is 19.6 Å². The lowest BCUT2D eigenvalue weighted by Crippen LogP contribution is -2.10. The Morgan fingerprint density at radius 1 is 1.21 bits per heavy atom. The minimum absolute atomic E-state index is 0.0287. The van der Waals surface area contributed by atoms with Crippen molar-refractivity contribution < 1.29 is 32.3 Å². The average Bonchev–Trinajstić information content (AvgIpc) is 3.19. The van der Waals surface area contributed by atoms with Gasteiger partial charge in [0.05, 0.1) is 12.7 Å². The number of benzene rings is 1. The van der Waals surface area contributed by atoms with Crippen molar-refractivity contribution in [3.63, 3.8) is 0 Å². The molecule has 0 aliphatic rings. The molecular weight excluding hydrogens is 376 g/mol. The third-order valence-electron chi connectivity index (χ3n) is 3.61. The molecule has 8 nitrogen and oxygen atoms in total. The molecule has 0 spiro atoms. The highest BCUT2D eigenvalue weighted by atomic mass is 19.3. The molecule has 0 saturated carbocycles. The van der Waals surface area contributed by atoms with Crippen LogP contribution in [-0.2, 0) is 4.74 Å². The van der Waals surface area contributed by atoms with Crippen molar-refractivity contribution in [2.24, 2.45) is 0 Å². The molecule has 1 aromatic carbocycles. The highest BCUT2D eigenvalue weighted by Gasteiger charge is 2.21. The van der Waals surface area contributed by atoms with E-state index in [0.717, 1.165) is 0 Å². The summed E-state index contributed by atoms with van der Waals surface area (Å²) in [7, 11) is 1.27. The standard InChI is InChI=1S/C18H15F2N3O5/c1-10(16-22-15(23-28-16)12-4-3-7-21-9-12)26-17(24)11-5-6-13(27-18(19)20)14(8-11)25-2/h3-10,18H,1-2H3. The first-order chi connectivity index (χ1) is 13.5. The molecule has 0 N–H and O–H groups in total. The van der Waals surface area contributed by atoms with Crippen LogP contribution in [0.15, 0.2) is 47.2 Å². The Kier molecular flexibility index (Phi) is 5.78. The lowest BCUT2D eigenvalue weighted by molar-refractivity contribution is -0.0512. The second-order valence-corrected chi connectivity index (χ2v) is 5.49. The quantitative estimate of drug-likeness (QED) is 0.563. The van der Waals surface area contributed by atoms with Crippen molar-refractivity contribution in [1.29, 1.82) is 0 Å². The van der Waals surface area contributed by atoms with Crippen LogP contribution in [0.1, 0.15) is 29.3 Å². The van der Waals surface area contributed by atoms with E-state index in [4.69, 9.17) is 14.0 Å². The lowest BCUT2D eigenvalue weighted by Gasteiger charge is -2.12. The van der Waals surface area contributed by atoms with Gasteiger partial charge in [0.25, 0.3) is 5.89 Å². The summed E-state index contributed by atoms with van der Waals surface area (Å²) in [5, 5.41) is 3.83. The van der Waals surface area contributed by atoms with Gasteiger partial charge in [-0.3, -0.25) is 4.98 Å². The van der Waals surface area contributed by atoms with Gasteiger partial charge in [-0.15, -0.1) is 0 Å². The van der Waals surface area contributed by atoms with Gasteiger partial charge in [0.2, 0.25) is 5.82 Å². The second kappa shape index (κ2) is 8.42. The number of alkyl halides is 2. The van der Waals surface area contributed by atoms with Crippen LogP contribution >= 0.6 is 0 Å². The molecule has 1 unspecified atom stereocenters. The number of nitrogens with zero attached hydrogens (tertiary/aromatic N) is 3. The third kappa shape index (κ3) is 4.40. The number of methoxy groups -OCH3 is 1. The SMILES string of the molecule is COc1cc(C(=O)OC(C)c2nc(-c3cccnc3)no2)ccc1OC(F)F. The Hall–Kier alpha value is -3.56. The summed E-state index contributed by atoms with van der Waals surface area (Å²) >= 11 is 0. The zero-order valence-corrected chi connectivity index (χ0v) is 14.8. The fourth-order valence-electron chi connectivity index (χ4n) is 2.28. The van der Waals surface area contributed by atoms with Gasteiger partial charge in [-0.1, -0.05) is 5.16 Å². The normalized spacial score (nSPS) is 11.9. The van der Waals surface area contributed by atoms with Gasteiger partial charge >= 0.3 is 12.6 Å². The van der Waals surface area contributed by atoms with Crippen LogP contribution in [0, 0.1) is 0 Å². The van der Waals surface area contributed by atoms with Crippen LogP contribution in [-0.4, -0.2) is 34.8 Å². The number of pyridine rings is 1. The molecule has 2 heterocycles. The van der Waals surface area contributed by atoms with Crippen LogP contribution in [0.25, 0.3) is 11.4 Å². The third-order valence-corrected chi connectivity index (χ3v) is 3.61. The van der Waals surface area contributed by atoms with Gasteiger partial charge in [-0.25, -0.2) is 4.79 Å². The summed E-state index contributed by atoms with van der Waals surface area (Å²) < 4.78 is 44.5. The predicted octanol–water partition coefficient (Wildman–Crippen LogP) is 3.66. The van der Waals surface area contributed by atoms with Crippen molar-refractivity contribution in [2.75, 3.05) is 7.11 Å². The van der Waals surface area contributed by atoms with Gasteiger partial charge in [0, 0.05) is 18.0 Å². The summed E-state index contributed by atoms with van der Waals surface area (Å²) in [5.41, 5.74) is 0.729. The number of hydrogen-bond donors (Lipinski definition) is 0. The van der Waals surface area contributed by atoms with Crippen LogP contribution in [0.5, 0.6) is 11.5 Å². The van der Waals surface area contributed by atoms with E-state index in [0.29, 0.717) is 11.4 Å². The maximum absolute atomic E-state index is 12.4. The Bertz CT molecular complexity index is 949. The van der Waals surface area contributed by atoms with E-state index in [1.165, 1.54) is 25.3 Å². The molecule has 0 amide bonds. The second-order valence-electron chi connectivity index (χ2n) is 5.49. The Morgan fingerprint density at radius 2 is 2.04 bits per heavy atom. The van der Waals surface area contributed by atoms with Gasteiger partial charge in [0.15, 0.2) is 17.6 Å². The molecule has 0 aliphatic carbocycles. The predicted molar refractivity (Wildman–Crippen MR) is 91.0 cm³/mol. The number of aromatic nitrogens is 3. The summed E-state index contributed by atoms with van der Waals surface area (Å²) in [4.78, 5) is 20.5. The minimum Gasteiger partial charge on any atom is -0.493 e. The first kappa shape index (κ1) is 19.2. The van der Waals surface area contributed by atoms with Gasteiger partial charge in [-0.2, -0.15) is 13.8 Å². The molecule has 28 heavy (non-hydrogen) atoms. The van der Waals surface area contributed by atoms with E-state index in [9.17, 15) is 13.6 Å². The van der Waals surface area contributed by atoms with E-state index in [1.807, 2.05) is 0 Å². The molecular formula is C18H15F2N3O5. The molecule has 0 fully saturated rings. The van der Waals surface area contributed by atoms with Gasteiger partial charge < -0.3 is 18.7 Å². The Balaban J connectivity index is 1.71. The van der Waals surface area contributed by atoms with E-state index in [1.54, 1.807) is 31.5 Å². The molecule has 3 aromatic rings. The lowest BCUT2D eigenvalue weighted by atomic mass is 10.2. The summed E-state index contributed by atoms with van der Waals surface area (Å²) in [6, 6.07) is 7.20. The monoisotopic (exact) mass is 391 g/mol. The topological polar surface area (TPSA) is 96.6 Å². The number of hydrogen-bond acceptors (Lipinski definition) is 8. The largest absolute Gasteiger partial charge is 0.493 e. The smallest absolute Gasteiger partial charge is 0.387 e. The average molecular weight is 391 g/mol. The molecule has 0 bridgehead atoms. The zero-order valence-electron chi connectivity index (χ0n) is 14.8. The summed E-state index contributed by atoms with van der Waals surface area (Å²) in [5.74, 6) is -0.548. The fourth-order valence-corrected chi connectivity index (χ4v) is 2.28. The number of carbonyl (C=O) groups excluding carboxylic acids is 1. The number of rotatable bonds is 7. The number of carbonyl (C=O) groups is 1. The van der Waals surface area contributed by atoms with E-state index in [-0.39, 0.29) is 23.0 Å². The van der Waals surface area contributed by atoms with Crippen molar-refractivity contribution in [3.05, 3.63) is 54.2 Å². The van der Waals surface area contributed by atoms with E-state index < -0.39 is 18.7 Å². The number of esters is 1. The highest BCUT2D eigenvalue weighted by molar-refractivity contribution is 5.90. The maximum atomic E-state index is 12.4. The first-order valence-electron chi connectivity index (χ1n) is 8.05. The minimum atomic E-state index is -3.02. The summed E-state index contributed by atoms with van der Waals surface area (Å²) in [6.07, 6.45) is 2.34. The van der Waals surface area contributed by atoms with Crippen molar-refractivity contribution in [1.82, 2.24) is 15.1 Å². The fraction of sp³-hybridized carbons (Fsp3) is 0.222. The Morgan fingerprint density at radius 3 is 2.71 bits per heavy atom. The molecule has 146 valence electrons. The molecule has 0 aliphatic heterocycles. The van der Waals surface area contributed by atoms with Crippen LogP contribution in [0.2, 0.25) is 0 Å².